The molecule has 1 atom stereocenters. The maximum atomic E-state index is 11.0. The number of carbonyl (C=O) groups is 1. The molecule has 0 spiro atoms. The molecule has 1 unspecified atom stereocenters. The van der Waals surface area contributed by atoms with Crippen molar-refractivity contribution in [2.45, 2.75) is 12.8 Å². The lowest BCUT2D eigenvalue weighted by Gasteiger charge is -2.09. The summed E-state index contributed by atoms with van der Waals surface area (Å²) in [5, 5.41) is 0. The van der Waals surface area contributed by atoms with Crippen LogP contribution in [0.3, 0.4) is 0 Å². The third-order valence-corrected chi connectivity index (χ3v) is 1.86. The molecule has 0 bridgehead atoms. The highest BCUT2D eigenvalue weighted by Crippen LogP contribution is 2.08. The summed E-state index contributed by atoms with van der Waals surface area (Å²) in [5.74, 6) is -0.0869. The van der Waals surface area contributed by atoms with Crippen LogP contribution < -0.4 is 10.9 Å². The van der Waals surface area contributed by atoms with Gasteiger partial charge in [0.1, 0.15) is 0 Å². The van der Waals surface area contributed by atoms with Gasteiger partial charge in [-0.05, 0) is 12.8 Å². The molecule has 0 radical (unpaired) electrons. The van der Waals surface area contributed by atoms with Gasteiger partial charge in [-0.25, -0.2) is 0 Å². The van der Waals surface area contributed by atoms with Gasteiger partial charge in [-0.15, -0.1) is 0 Å². The van der Waals surface area contributed by atoms with Crippen LogP contribution in [0.4, 0.5) is 0 Å². The third-order valence-electron chi connectivity index (χ3n) is 1.86. The Morgan fingerprint density at radius 1 is 1.55 bits per heavy atom. The number of esters is 1. The van der Waals surface area contributed by atoms with E-state index in [1.807, 2.05) is 0 Å². The van der Waals surface area contributed by atoms with Gasteiger partial charge in [0.2, 0.25) is 0 Å². The van der Waals surface area contributed by atoms with Gasteiger partial charge in [0.15, 0.2) is 0 Å². The van der Waals surface area contributed by atoms with Crippen LogP contribution in [-0.4, -0.2) is 26.2 Å². The van der Waals surface area contributed by atoms with Crippen LogP contribution in [0.25, 0.3) is 0 Å². The lowest BCUT2D eigenvalue weighted by atomic mass is 10.0. The summed E-state index contributed by atoms with van der Waals surface area (Å²) >= 11 is 0. The van der Waals surface area contributed by atoms with Crippen molar-refractivity contribution in [3.63, 3.8) is 0 Å². The molecule has 1 aliphatic rings. The predicted molar refractivity (Wildman–Crippen MR) is 40.7 cm³/mol. The fourth-order valence-corrected chi connectivity index (χ4v) is 1.19. The van der Waals surface area contributed by atoms with Gasteiger partial charge in [0, 0.05) is 13.1 Å². The zero-order valence-electron chi connectivity index (χ0n) is 6.72. The van der Waals surface area contributed by atoms with Gasteiger partial charge in [0.05, 0.1) is 13.0 Å². The quantitative estimate of drug-likeness (QED) is 0.513. The van der Waals surface area contributed by atoms with E-state index in [9.17, 15) is 4.79 Å². The molecule has 4 heteroatoms. The molecule has 0 aromatic carbocycles. The topological polar surface area (TPSA) is 50.4 Å². The first-order chi connectivity index (χ1) is 5.34. The molecule has 0 saturated carbocycles. The summed E-state index contributed by atoms with van der Waals surface area (Å²) in [4.78, 5) is 11.0. The first kappa shape index (κ1) is 8.49. The predicted octanol–water partition coefficient (Wildman–Crippen LogP) is -0.336. The molecule has 4 nitrogen and oxygen atoms in total. The highest BCUT2D eigenvalue weighted by atomic mass is 16.5. The molecule has 0 aromatic rings. The molecule has 64 valence electrons. The van der Waals surface area contributed by atoms with E-state index in [1.54, 1.807) is 0 Å². The van der Waals surface area contributed by atoms with E-state index in [-0.39, 0.29) is 11.9 Å². The number of nitrogens with one attached hydrogen (secondary N) is 2. The lowest BCUT2D eigenvalue weighted by molar-refractivity contribution is -0.145. The molecule has 1 saturated heterocycles. The van der Waals surface area contributed by atoms with Crippen LogP contribution in [0.15, 0.2) is 0 Å². The van der Waals surface area contributed by atoms with Crippen molar-refractivity contribution < 1.29 is 9.53 Å². The van der Waals surface area contributed by atoms with Crippen molar-refractivity contribution in [3.05, 3.63) is 0 Å². The Morgan fingerprint density at radius 2 is 2.36 bits per heavy atom. The maximum Gasteiger partial charge on any atom is 0.310 e. The van der Waals surface area contributed by atoms with Gasteiger partial charge in [-0.2, -0.15) is 0 Å². The molecule has 0 aromatic heterocycles. The zero-order valence-corrected chi connectivity index (χ0v) is 6.72. The summed E-state index contributed by atoms with van der Waals surface area (Å²) < 4.78 is 4.64. The van der Waals surface area contributed by atoms with Crippen molar-refractivity contribution >= 4 is 5.97 Å². The zero-order chi connectivity index (χ0) is 8.10. The van der Waals surface area contributed by atoms with Crippen molar-refractivity contribution in [3.8, 4) is 0 Å². The minimum absolute atomic E-state index is 0.0231. The van der Waals surface area contributed by atoms with Crippen molar-refractivity contribution in [2.24, 2.45) is 5.92 Å². The SMILES string of the molecule is COC(=O)C1CCCNNC1. The number of hydrazine groups is 1. The molecule has 0 amide bonds. The van der Waals surface area contributed by atoms with E-state index in [1.165, 1.54) is 7.11 Å². The first-order valence-corrected chi connectivity index (χ1v) is 3.88. The molecule has 1 heterocycles. The summed E-state index contributed by atoms with van der Waals surface area (Å²) in [6.45, 7) is 1.60. The molecular weight excluding hydrogens is 144 g/mol. The first-order valence-electron chi connectivity index (χ1n) is 3.88. The molecule has 1 rings (SSSR count). The Labute approximate surface area is 66.3 Å². The van der Waals surface area contributed by atoms with Gasteiger partial charge < -0.3 is 4.74 Å². The van der Waals surface area contributed by atoms with Crippen LogP contribution in [0.2, 0.25) is 0 Å². The number of methoxy groups -OCH3 is 1. The number of hydrogen-bond acceptors (Lipinski definition) is 4. The van der Waals surface area contributed by atoms with Crippen molar-refractivity contribution in [2.75, 3.05) is 20.2 Å². The van der Waals surface area contributed by atoms with E-state index in [0.717, 1.165) is 19.4 Å². The van der Waals surface area contributed by atoms with Crippen LogP contribution >= 0.6 is 0 Å². The lowest BCUT2D eigenvalue weighted by Crippen LogP contribution is -2.35. The standard InChI is InChI=1S/C7H14N2O2/c1-11-7(10)6-3-2-4-8-9-5-6/h6,8-9H,2-5H2,1H3. The fraction of sp³-hybridized carbons (Fsp3) is 0.857. The minimum atomic E-state index is -0.110. The van der Waals surface area contributed by atoms with Gasteiger partial charge >= 0.3 is 5.97 Å². The highest BCUT2D eigenvalue weighted by Gasteiger charge is 2.19. The summed E-state index contributed by atoms with van der Waals surface area (Å²) in [5.41, 5.74) is 5.96. The van der Waals surface area contributed by atoms with Crippen LogP contribution in [0.5, 0.6) is 0 Å². The van der Waals surface area contributed by atoms with Gasteiger partial charge in [-0.1, -0.05) is 0 Å². The smallest absolute Gasteiger partial charge is 0.310 e. The molecule has 11 heavy (non-hydrogen) atoms. The summed E-state index contributed by atoms with van der Waals surface area (Å²) in [7, 11) is 1.43. The number of hydrogen-bond donors (Lipinski definition) is 2. The van der Waals surface area contributed by atoms with E-state index >= 15 is 0 Å². The second-order valence-corrected chi connectivity index (χ2v) is 2.67. The summed E-state index contributed by atoms with van der Waals surface area (Å²) in [6, 6.07) is 0. The third kappa shape index (κ3) is 2.48. The Kier molecular flexibility index (Phi) is 3.32. The summed E-state index contributed by atoms with van der Waals surface area (Å²) in [6.07, 6.45) is 1.93. The van der Waals surface area contributed by atoms with Crippen molar-refractivity contribution in [1.29, 1.82) is 0 Å². The number of rotatable bonds is 1. The minimum Gasteiger partial charge on any atom is -0.469 e. The second kappa shape index (κ2) is 4.31. The van der Waals surface area contributed by atoms with E-state index in [4.69, 9.17) is 0 Å². The Balaban J connectivity index is 2.36. The van der Waals surface area contributed by atoms with Gasteiger partial charge in [0.25, 0.3) is 0 Å². The molecular formula is C7H14N2O2. The van der Waals surface area contributed by atoms with Gasteiger partial charge in [-0.3, -0.25) is 15.6 Å². The number of carbonyl (C=O) groups excluding carboxylic acids is 1. The van der Waals surface area contributed by atoms with E-state index in [0.29, 0.717) is 6.54 Å². The number of ether oxygens (including phenoxy) is 1. The van der Waals surface area contributed by atoms with Crippen LogP contribution in [-0.2, 0) is 9.53 Å². The highest BCUT2D eigenvalue weighted by molar-refractivity contribution is 5.72. The monoisotopic (exact) mass is 158 g/mol. The average Bonchev–Trinajstić information content (AvgIpc) is 2.30. The average molecular weight is 158 g/mol. The molecule has 2 N–H and O–H groups in total. The maximum absolute atomic E-state index is 11.0. The molecule has 0 aliphatic carbocycles. The van der Waals surface area contributed by atoms with E-state index < -0.39 is 0 Å². The fourth-order valence-electron chi connectivity index (χ4n) is 1.19. The second-order valence-electron chi connectivity index (χ2n) is 2.67. The van der Waals surface area contributed by atoms with Crippen LogP contribution in [0, 0.1) is 5.92 Å². The van der Waals surface area contributed by atoms with Crippen LogP contribution in [0.1, 0.15) is 12.8 Å². The normalized spacial score (nSPS) is 25.7. The van der Waals surface area contributed by atoms with Crippen molar-refractivity contribution in [1.82, 2.24) is 10.9 Å². The largest absolute Gasteiger partial charge is 0.469 e. The molecule has 1 fully saturated rings. The Morgan fingerprint density at radius 3 is 3.09 bits per heavy atom. The Hall–Kier alpha value is -0.610. The molecule has 1 aliphatic heterocycles. The Bertz CT molecular complexity index is 130. The van der Waals surface area contributed by atoms with E-state index in [2.05, 4.69) is 15.6 Å².